The van der Waals surface area contributed by atoms with E-state index in [0.29, 0.717) is 12.6 Å². The van der Waals surface area contributed by atoms with Gasteiger partial charge in [-0.1, -0.05) is 26.2 Å². The molecule has 1 heterocycles. The average Bonchev–Trinajstić information content (AvgIpc) is 2.84. The maximum atomic E-state index is 5.91. The fourth-order valence-corrected chi connectivity index (χ4v) is 3.46. The van der Waals surface area contributed by atoms with E-state index >= 15 is 0 Å². The van der Waals surface area contributed by atoms with Crippen molar-refractivity contribution in [2.24, 2.45) is 11.7 Å². The Hall–Kier alpha value is -0.610. The summed E-state index contributed by atoms with van der Waals surface area (Å²) in [5.74, 6) is 0.739. The molecule has 1 aliphatic rings. The molecule has 0 aromatic carbocycles. The number of hydrogen-bond donors (Lipinski definition) is 2. The fourth-order valence-electron chi connectivity index (χ4n) is 2.60. The molecule has 3 N–H and O–H groups in total. The third-order valence-electron chi connectivity index (χ3n) is 3.70. The zero-order chi connectivity index (χ0) is 12.1. The summed E-state index contributed by atoms with van der Waals surface area (Å²) in [6, 6.07) is 0.408. The zero-order valence-electron chi connectivity index (χ0n) is 10.6. The van der Waals surface area contributed by atoms with Crippen LogP contribution < -0.4 is 11.1 Å². The van der Waals surface area contributed by atoms with E-state index in [4.69, 9.17) is 5.73 Å². The van der Waals surface area contributed by atoms with Gasteiger partial charge in [0.25, 0.3) is 0 Å². The number of hydrogen-bond acceptors (Lipinski definition) is 4. The average molecular weight is 253 g/mol. The van der Waals surface area contributed by atoms with Crippen molar-refractivity contribution in [2.75, 3.05) is 11.9 Å². The van der Waals surface area contributed by atoms with Crippen LogP contribution in [-0.4, -0.2) is 17.6 Å². The van der Waals surface area contributed by atoms with Gasteiger partial charge in [-0.25, -0.2) is 4.98 Å². The quantitative estimate of drug-likeness (QED) is 0.848. The molecule has 1 atom stereocenters. The largest absolute Gasteiger partial charge is 0.357 e. The Balaban J connectivity index is 1.93. The van der Waals surface area contributed by atoms with Gasteiger partial charge in [0.05, 0.1) is 5.69 Å². The van der Waals surface area contributed by atoms with Gasteiger partial charge in [-0.2, -0.15) is 0 Å². The van der Waals surface area contributed by atoms with E-state index in [1.807, 2.05) is 0 Å². The summed E-state index contributed by atoms with van der Waals surface area (Å²) in [4.78, 5) is 4.56. The smallest absolute Gasteiger partial charge is 0.183 e. The van der Waals surface area contributed by atoms with Crippen LogP contribution >= 0.6 is 11.3 Å². The number of anilines is 1. The van der Waals surface area contributed by atoms with Crippen LogP contribution in [0.25, 0.3) is 0 Å². The highest BCUT2D eigenvalue weighted by molar-refractivity contribution is 7.13. The molecule has 96 valence electrons. The second-order valence-corrected chi connectivity index (χ2v) is 5.74. The molecule has 17 heavy (non-hydrogen) atoms. The Morgan fingerprint density at radius 3 is 2.82 bits per heavy atom. The Morgan fingerprint density at radius 1 is 1.47 bits per heavy atom. The van der Waals surface area contributed by atoms with E-state index in [-0.39, 0.29) is 0 Å². The number of nitrogens with two attached hydrogens (primary N) is 1. The van der Waals surface area contributed by atoms with Crippen molar-refractivity contribution in [3.05, 3.63) is 11.1 Å². The number of aromatic nitrogens is 1. The van der Waals surface area contributed by atoms with Crippen molar-refractivity contribution in [3.63, 3.8) is 0 Å². The molecule has 0 amide bonds. The second-order valence-electron chi connectivity index (χ2n) is 4.88. The van der Waals surface area contributed by atoms with Crippen LogP contribution in [0.4, 0.5) is 5.13 Å². The van der Waals surface area contributed by atoms with Gasteiger partial charge in [0, 0.05) is 18.0 Å². The van der Waals surface area contributed by atoms with Crippen molar-refractivity contribution in [1.29, 1.82) is 0 Å². The molecule has 1 saturated carbocycles. The standard InChI is InChI=1S/C13H23N3S/c1-2-11-9-17-13(15-11)16-12(8-14)10-6-4-3-5-7-10/h9-10,12H,2-8,14H2,1H3,(H,15,16). The summed E-state index contributed by atoms with van der Waals surface area (Å²) in [6.45, 7) is 2.85. The number of nitrogens with zero attached hydrogens (tertiary/aromatic N) is 1. The molecule has 1 unspecified atom stereocenters. The normalized spacial score (nSPS) is 19.2. The monoisotopic (exact) mass is 253 g/mol. The van der Waals surface area contributed by atoms with Crippen molar-refractivity contribution in [2.45, 2.75) is 51.5 Å². The van der Waals surface area contributed by atoms with E-state index in [2.05, 4.69) is 22.6 Å². The highest BCUT2D eigenvalue weighted by Crippen LogP contribution is 2.28. The first kappa shape index (κ1) is 12.8. The maximum Gasteiger partial charge on any atom is 0.183 e. The highest BCUT2D eigenvalue weighted by Gasteiger charge is 2.23. The Bertz CT molecular complexity index is 331. The predicted octanol–water partition coefficient (Wildman–Crippen LogP) is 3.03. The molecule has 4 heteroatoms. The molecule has 1 aromatic heterocycles. The highest BCUT2D eigenvalue weighted by atomic mass is 32.1. The third-order valence-corrected chi connectivity index (χ3v) is 4.52. The van der Waals surface area contributed by atoms with E-state index in [1.165, 1.54) is 37.8 Å². The summed E-state index contributed by atoms with van der Waals surface area (Å²) in [5, 5.41) is 6.72. The molecule has 1 fully saturated rings. The molecule has 0 aliphatic heterocycles. The van der Waals surface area contributed by atoms with Gasteiger partial charge < -0.3 is 11.1 Å². The lowest BCUT2D eigenvalue weighted by molar-refractivity contribution is 0.320. The first-order valence-corrected chi connectivity index (χ1v) is 7.62. The number of aryl methyl sites for hydroxylation is 1. The van der Waals surface area contributed by atoms with Crippen molar-refractivity contribution in [1.82, 2.24) is 4.98 Å². The molecule has 0 radical (unpaired) electrons. The Morgan fingerprint density at radius 2 is 2.24 bits per heavy atom. The molecule has 0 spiro atoms. The maximum absolute atomic E-state index is 5.91. The first-order valence-electron chi connectivity index (χ1n) is 6.74. The summed E-state index contributed by atoms with van der Waals surface area (Å²) in [6.07, 6.45) is 7.77. The summed E-state index contributed by atoms with van der Waals surface area (Å²) in [7, 11) is 0. The lowest BCUT2D eigenvalue weighted by Gasteiger charge is -2.29. The van der Waals surface area contributed by atoms with Crippen LogP contribution in [0.3, 0.4) is 0 Å². The van der Waals surface area contributed by atoms with Gasteiger partial charge in [-0.3, -0.25) is 0 Å². The molecular formula is C13H23N3S. The summed E-state index contributed by atoms with van der Waals surface area (Å²) >= 11 is 1.70. The molecule has 0 saturated heterocycles. The predicted molar refractivity (Wildman–Crippen MR) is 74.5 cm³/mol. The molecule has 0 bridgehead atoms. The lowest BCUT2D eigenvalue weighted by Crippen LogP contribution is -2.37. The van der Waals surface area contributed by atoms with Crippen molar-refractivity contribution >= 4 is 16.5 Å². The van der Waals surface area contributed by atoms with Crippen LogP contribution in [0, 0.1) is 5.92 Å². The van der Waals surface area contributed by atoms with Crippen molar-refractivity contribution in [3.8, 4) is 0 Å². The van der Waals surface area contributed by atoms with Gasteiger partial charge >= 0.3 is 0 Å². The molecule has 1 aliphatic carbocycles. The van der Waals surface area contributed by atoms with Gasteiger partial charge in [0.1, 0.15) is 0 Å². The second kappa shape index (κ2) is 6.36. The van der Waals surface area contributed by atoms with Crippen LogP contribution in [0.2, 0.25) is 0 Å². The van der Waals surface area contributed by atoms with Crippen molar-refractivity contribution < 1.29 is 0 Å². The molecule has 2 rings (SSSR count). The minimum absolute atomic E-state index is 0.408. The van der Waals surface area contributed by atoms with E-state index in [1.54, 1.807) is 11.3 Å². The zero-order valence-corrected chi connectivity index (χ0v) is 11.4. The Kier molecular flexibility index (Phi) is 4.80. The lowest BCUT2D eigenvalue weighted by atomic mass is 9.84. The fraction of sp³-hybridized carbons (Fsp3) is 0.769. The summed E-state index contributed by atoms with van der Waals surface area (Å²) < 4.78 is 0. The van der Waals surface area contributed by atoms with Crippen LogP contribution in [0.5, 0.6) is 0 Å². The first-order chi connectivity index (χ1) is 8.33. The van der Waals surface area contributed by atoms with E-state index in [9.17, 15) is 0 Å². The van der Waals surface area contributed by atoms with Crippen LogP contribution in [0.1, 0.15) is 44.7 Å². The van der Waals surface area contributed by atoms with Gasteiger partial charge in [-0.15, -0.1) is 11.3 Å². The molecule has 1 aromatic rings. The SMILES string of the molecule is CCc1csc(NC(CN)C2CCCCC2)n1. The van der Waals surface area contributed by atoms with Gasteiger partial charge in [0.2, 0.25) is 0 Å². The number of nitrogens with one attached hydrogen (secondary N) is 1. The number of rotatable bonds is 5. The third kappa shape index (κ3) is 3.42. The summed E-state index contributed by atoms with van der Waals surface area (Å²) in [5.41, 5.74) is 7.08. The van der Waals surface area contributed by atoms with E-state index < -0.39 is 0 Å². The molecular weight excluding hydrogens is 230 g/mol. The minimum atomic E-state index is 0.408. The minimum Gasteiger partial charge on any atom is -0.357 e. The van der Waals surface area contributed by atoms with Gasteiger partial charge in [0.15, 0.2) is 5.13 Å². The number of thiazole rings is 1. The van der Waals surface area contributed by atoms with Crippen LogP contribution in [0.15, 0.2) is 5.38 Å². The Labute approximate surface area is 108 Å². The van der Waals surface area contributed by atoms with E-state index in [0.717, 1.165) is 17.5 Å². The topological polar surface area (TPSA) is 50.9 Å². The van der Waals surface area contributed by atoms with Gasteiger partial charge in [-0.05, 0) is 25.2 Å². The molecule has 3 nitrogen and oxygen atoms in total. The van der Waals surface area contributed by atoms with Crippen LogP contribution in [-0.2, 0) is 6.42 Å².